The molecular formula is C17H14Cl2N4O4. The van der Waals surface area contributed by atoms with Crippen LogP contribution in [0.3, 0.4) is 0 Å². The number of nitrogens with zero attached hydrogens (tertiary/aromatic N) is 4. The first-order valence-corrected chi connectivity index (χ1v) is 8.53. The molecule has 0 bridgehead atoms. The molecule has 0 spiro atoms. The van der Waals surface area contributed by atoms with E-state index in [1.165, 1.54) is 29.3 Å². The summed E-state index contributed by atoms with van der Waals surface area (Å²) in [6.07, 6.45) is 2.01. The summed E-state index contributed by atoms with van der Waals surface area (Å²) >= 11 is 12.3. The summed E-state index contributed by atoms with van der Waals surface area (Å²) in [5.74, 6) is -0.166. The number of hydroxylamine groups is 2. The van der Waals surface area contributed by atoms with Gasteiger partial charge in [0.05, 0.1) is 23.7 Å². The fourth-order valence-electron chi connectivity index (χ4n) is 2.34. The van der Waals surface area contributed by atoms with Crippen molar-refractivity contribution in [1.82, 2.24) is 14.9 Å². The van der Waals surface area contributed by atoms with Gasteiger partial charge in [-0.15, -0.1) is 0 Å². The molecule has 3 rings (SSSR count). The van der Waals surface area contributed by atoms with Crippen LogP contribution in [0.4, 0.5) is 5.69 Å². The summed E-state index contributed by atoms with van der Waals surface area (Å²) < 4.78 is 5.07. The highest BCUT2D eigenvalue weighted by Gasteiger charge is 2.31. The third kappa shape index (κ3) is 4.12. The number of para-hydroxylation sites is 1. The Kier molecular flexibility index (Phi) is 5.78. The first kappa shape index (κ1) is 18.9. The second kappa shape index (κ2) is 8.24. The highest BCUT2D eigenvalue weighted by atomic mass is 35.5. The standard InChI is InChI=1S/C17H14Cl2N4O4/c1-26-11-5-6-20-14(9-11)16(25)27-23-8-7-22(10-24)17(23)21-15-12(18)3-2-4-13(15)19/h2-6,9-10H,7-8H2,1H3. The van der Waals surface area contributed by atoms with Crippen molar-refractivity contribution < 1.29 is 19.2 Å². The van der Waals surface area contributed by atoms with Gasteiger partial charge in [0.2, 0.25) is 12.4 Å². The molecule has 0 atom stereocenters. The maximum absolute atomic E-state index is 12.4. The lowest BCUT2D eigenvalue weighted by Gasteiger charge is -2.18. The van der Waals surface area contributed by atoms with Gasteiger partial charge in [0.25, 0.3) is 0 Å². The minimum absolute atomic E-state index is 0.0500. The Labute approximate surface area is 164 Å². The number of rotatable bonds is 5. The number of hydrogen-bond donors (Lipinski definition) is 0. The Morgan fingerprint density at radius 2 is 2.00 bits per heavy atom. The number of benzene rings is 1. The Morgan fingerprint density at radius 3 is 2.67 bits per heavy atom. The Hall–Kier alpha value is -2.84. The first-order valence-electron chi connectivity index (χ1n) is 7.78. The molecule has 2 heterocycles. The molecule has 2 aromatic rings. The molecule has 27 heavy (non-hydrogen) atoms. The van der Waals surface area contributed by atoms with E-state index in [9.17, 15) is 9.59 Å². The van der Waals surface area contributed by atoms with E-state index in [4.69, 9.17) is 32.8 Å². The predicted octanol–water partition coefficient (Wildman–Crippen LogP) is 2.93. The fraction of sp³-hybridized carbons (Fsp3) is 0.176. The normalized spacial score (nSPS) is 15.1. The van der Waals surface area contributed by atoms with Gasteiger partial charge in [-0.1, -0.05) is 29.3 Å². The molecule has 0 aliphatic carbocycles. The molecule has 140 valence electrons. The van der Waals surface area contributed by atoms with Gasteiger partial charge in [0.15, 0.2) is 5.69 Å². The van der Waals surface area contributed by atoms with Crippen LogP contribution in [0.25, 0.3) is 0 Å². The third-order valence-electron chi connectivity index (χ3n) is 3.67. The van der Waals surface area contributed by atoms with Gasteiger partial charge in [-0.2, -0.15) is 5.06 Å². The highest BCUT2D eigenvalue weighted by molar-refractivity contribution is 6.38. The number of amides is 1. The van der Waals surface area contributed by atoms with Crippen LogP contribution in [0.2, 0.25) is 10.0 Å². The average molecular weight is 409 g/mol. The number of aromatic nitrogens is 1. The van der Waals surface area contributed by atoms with E-state index in [1.807, 2.05) is 0 Å². The number of carbonyl (C=O) groups is 2. The molecule has 0 saturated carbocycles. The molecule has 1 fully saturated rings. The van der Waals surface area contributed by atoms with Gasteiger partial charge in [0, 0.05) is 18.8 Å². The quantitative estimate of drug-likeness (QED) is 0.707. The van der Waals surface area contributed by atoms with Crippen LogP contribution in [0.15, 0.2) is 41.5 Å². The molecule has 1 aliphatic rings. The number of carbonyl (C=O) groups excluding carboxylic acids is 2. The first-order chi connectivity index (χ1) is 13.0. The van der Waals surface area contributed by atoms with Crippen molar-refractivity contribution in [3.8, 4) is 5.75 Å². The summed E-state index contributed by atoms with van der Waals surface area (Å²) in [4.78, 5) is 38.7. The van der Waals surface area contributed by atoms with Gasteiger partial charge in [-0.05, 0) is 18.2 Å². The van der Waals surface area contributed by atoms with Crippen LogP contribution in [0.1, 0.15) is 10.5 Å². The van der Waals surface area contributed by atoms with Crippen LogP contribution < -0.4 is 4.74 Å². The highest BCUT2D eigenvalue weighted by Crippen LogP contribution is 2.33. The molecular weight excluding hydrogens is 395 g/mol. The molecule has 1 saturated heterocycles. The molecule has 0 unspecified atom stereocenters. The van der Waals surface area contributed by atoms with E-state index < -0.39 is 5.97 Å². The molecule has 0 radical (unpaired) electrons. The fourth-order valence-corrected chi connectivity index (χ4v) is 2.82. The molecule has 1 aliphatic heterocycles. The number of ether oxygens (including phenoxy) is 1. The lowest BCUT2D eigenvalue weighted by molar-refractivity contribution is -0.114. The summed E-state index contributed by atoms with van der Waals surface area (Å²) in [6, 6.07) is 7.95. The number of guanidine groups is 1. The van der Waals surface area contributed by atoms with Crippen molar-refractivity contribution in [2.45, 2.75) is 0 Å². The maximum atomic E-state index is 12.4. The third-order valence-corrected chi connectivity index (χ3v) is 4.28. The number of halogens is 2. The van der Waals surface area contributed by atoms with E-state index in [-0.39, 0.29) is 30.4 Å². The second-order valence-corrected chi connectivity index (χ2v) is 6.16. The van der Waals surface area contributed by atoms with Crippen molar-refractivity contribution in [2.24, 2.45) is 4.99 Å². The lowest BCUT2D eigenvalue weighted by Crippen LogP contribution is -2.34. The zero-order valence-electron chi connectivity index (χ0n) is 14.1. The Balaban J connectivity index is 1.88. The monoisotopic (exact) mass is 408 g/mol. The van der Waals surface area contributed by atoms with Gasteiger partial charge < -0.3 is 9.57 Å². The Bertz CT molecular complexity index is 886. The Morgan fingerprint density at radius 1 is 1.26 bits per heavy atom. The summed E-state index contributed by atoms with van der Waals surface area (Å²) in [5, 5.41) is 1.79. The summed E-state index contributed by atoms with van der Waals surface area (Å²) in [6.45, 7) is 0.512. The van der Waals surface area contributed by atoms with Crippen LogP contribution in [0.5, 0.6) is 5.75 Å². The maximum Gasteiger partial charge on any atom is 0.381 e. The van der Waals surface area contributed by atoms with Crippen LogP contribution in [0, 0.1) is 0 Å². The molecule has 10 heteroatoms. The van der Waals surface area contributed by atoms with Gasteiger partial charge >= 0.3 is 5.97 Å². The molecule has 8 nitrogen and oxygen atoms in total. The van der Waals surface area contributed by atoms with Crippen molar-refractivity contribution in [3.05, 3.63) is 52.3 Å². The lowest BCUT2D eigenvalue weighted by atomic mass is 10.3. The second-order valence-electron chi connectivity index (χ2n) is 5.34. The van der Waals surface area contributed by atoms with Crippen LogP contribution >= 0.6 is 23.2 Å². The minimum atomic E-state index is -0.723. The van der Waals surface area contributed by atoms with Crippen molar-refractivity contribution in [1.29, 1.82) is 0 Å². The smallest absolute Gasteiger partial charge is 0.381 e. The number of pyridine rings is 1. The zero-order chi connectivity index (χ0) is 19.4. The molecule has 1 aromatic heterocycles. The molecule has 1 amide bonds. The van der Waals surface area contributed by atoms with E-state index >= 15 is 0 Å². The predicted molar refractivity (Wildman–Crippen MR) is 99.2 cm³/mol. The van der Waals surface area contributed by atoms with Gasteiger partial charge in [-0.25, -0.2) is 14.8 Å². The number of hydrogen-bond acceptors (Lipinski definition) is 6. The molecule has 0 N–H and O–H groups in total. The van der Waals surface area contributed by atoms with E-state index in [2.05, 4.69) is 9.98 Å². The molecule has 1 aromatic carbocycles. The van der Waals surface area contributed by atoms with Crippen molar-refractivity contribution in [2.75, 3.05) is 20.2 Å². The number of methoxy groups -OCH3 is 1. The van der Waals surface area contributed by atoms with Crippen LogP contribution in [-0.4, -0.2) is 53.5 Å². The average Bonchev–Trinajstić information content (AvgIpc) is 3.06. The van der Waals surface area contributed by atoms with Gasteiger partial charge in [-0.3, -0.25) is 9.69 Å². The minimum Gasteiger partial charge on any atom is -0.497 e. The summed E-state index contributed by atoms with van der Waals surface area (Å²) in [5.41, 5.74) is 0.319. The zero-order valence-corrected chi connectivity index (χ0v) is 15.6. The van der Waals surface area contributed by atoms with Gasteiger partial charge in [0.1, 0.15) is 11.4 Å². The van der Waals surface area contributed by atoms with Crippen LogP contribution in [-0.2, 0) is 9.63 Å². The van der Waals surface area contributed by atoms with E-state index in [1.54, 1.807) is 24.3 Å². The topological polar surface area (TPSA) is 84.3 Å². The largest absolute Gasteiger partial charge is 0.497 e. The number of aliphatic imine (C=N–C) groups is 1. The van der Waals surface area contributed by atoms with E-state index in [0.717, 1.165) is 0 Å². The van der Waals surface area contributed by atoms with Crippen molar-refractivity contribution >= 4 is 47.2 Å². The summed E-state index contributed by atoms with van der Waals surface area (Å²) in [7, 11) is 1.48. The SMILES string of the molecule is COc1ccnc(C(=O)ON2CCN(C=O)C2=Nc2c(Cl)cccc2Cl)c1. The van der Waals surface area contributed by atoms with Crippen molar-refractivity contribution in [3.63, 3.8) is 0 Å². The van der Waals surface area contributed by atoms with E-state index in [0.29, 0.717) is 22.2 Å².